The monoisotopic (exact) mass is 275 g/mol. The van der Waals surface area contributed by atoms with E-state index >= 15 is 0 Å². The van der Waals surface area contributed by atoms with Crippen LogP contribution in [0.3, 0.4) is 0 Å². The largest absolute Gasteiger partial charge is 0.510 e. The van der Waals surface area contributed by atoms with Crippen molar-refractivity contribution in [3.8, 4) is 0 Å². The van der Waals surface area contributed by atoms with Crippen LogP contribution in [-0.4, -0.2) is 28.0 Å². The van der Waals surface area contributed by atoms with Gasteiger partial charge in [0.05, 0.1) is 12.0 Å². The molecule has 0 fully saturated rings. The van der Waals surface area contributed by atoms with E-state index in [0.717, 1.165) is 5.69 Å². The van der Waals surface area contributed by atoms with Crippen molar-refractivity contribution < 1.29 is 14.6 Å². The number of ether oxygens (including phenoxy) is 1. The first kappa shape index (κ1) is 14.0. The molecule has 1 atom stereocenters. The lowest BCUT2D eigenvalue weighted by atomic mass is 10.2. The average molecular weight is 276 g/mol. The number of esters is 1. The Balaban J connectivity index is 3.21. The number of aliphatic hydroxyl groups excluding tert-OH is 1. The van der Waals surface area contributed by atoms with Crippen molar-refractivity contribution in [3.63, 3.8) is 0 Å². The number of nitrogens with zero attached hydrogens (tertiary/aromatic N) is 1. The van der Waals surface area contributed by atoms with E-state index in [-0.39, 0.29) is 17.9 Å². The van der Waals surface area contributed by atoms with E-state index in [0.29, 0.717) is 5.01 Å². The summed E-state index contributed by atoms with van der Waals surface area (Å²) in [5.41, 5.74) is 0.828. The van der Waals surface area contributed by atoms with Crippen LogP contribution in [0.5, 0.6) is 0 Å². The summed E-state index contributed by atoms with van der Waals surface area (Å²) in [6.45, 7) is 5.32. The van der Waals surface area contributed by atoms with E-state index in [1.54, 1.807) is 19.2 Å². The van der Waals surface area contributed by atoms with Gasteiger partial charge in [0.15, 0.2) is 0 Å². The quantitative estimate of drug-likeness (QED) is 0.397. The highest BCUT2D eigenvalue weighted by Crippen LogP contribution is 2.26. The van der Waals surface area contributed by atoms with E-state index in [1.807, 2.05) is 6.92 Å². The van der Waals surface area contributed by atoms with Crippen molar-refractivity contribution in [3.05, 3.63) is 21.8 Å². The molecule has 17 heavy (non-hydrogen) atoms. The highest BCUT2D eigenvalue weighted by molar-refractivity contribution is 7.11. The summed E-state index contributed by atoms with van der Waals surface area (Å²) in [6, 6.07) is 0. The maximum Gasteiger partial charge on any atom is 0.344 e. The first-order chi connectivity index (χ1) is 7.97. The smallest absolute Gasteiger partial charge is 0.344 e. The van der Waals surface area contributed by atoms with Gasteiger partial charge in [-0.25, -0.2) is 9.78 Å². The van der Waals surface area contributed by atoms with Crippen LogP contribution >= 0.6 is 22.9 Å². The maximum atomic E-state index is 11.8. The number of halogens is 1. The summed E-state index contributed by atoms with van der Waals surface area (Å²) in [6.07, 6.45) is 0. The van der Waals surface area contributed by atoms with Crippen molar-refractivity contribution in [2.24, 2.45) is 0 Å². The second-order valence-corrected chi connectivity index (χ2v) is 4.90. The van der Waals surface area contributed by atoms with Gasteiger partial charge in [-0.05, 0) is 20.8 Å². The fraction of sp³-hybridized carbons (Fsp3) is 0.455. The van der Waals surface area contributed by atoms with Crippen LogP contribution in [0.15, 0.2) is 11.1 Å². The fourth-order valence-electron chi connectivity index (χ4n) is 1.17. The molecule has 0 aliphatic rings. The molecule has 1 rings (SSSR count). The minimum absolute atomic E-state index is 0.0486. The van der Waals surface area contributed by atoms with Crippen LogP contribution < -0.4 is 0 Å². The van der Waals surface area contributed by atoms with Crippen LogP contribution in [-0.2, 0) is 9.53 Å². The molecule has 0 saturated carbocycles. The van der Waals surface area contributed by atoms with E-state index in [4.69, 9.17) is 16.3 Å². The molecule has 0 amide bonds. The third-order valence-corrected chi connectivity index (χ3v) is 3.13. The minimum Gasteiger partial charge on any atom is -0.510 e. The molecule has 1 heterocycles. The van der Waals surface area contributed by atoms with Crippen molar-refractivity contribution in [1.82, 2.24) is 4.98 Å². The number of carbonyl (C=O) groups excluding carboxylic acids is 1. The van der Waals surface area contributed by atoms with E-state index in [9.17, 15) is 9.90 Å². The number of alkyl halides is 1. The number of rotatable bonds is 4. The molecule has 0 spiro atoms. The van der Waals surface area contributed by atoms with Gasteiger partial charge in [0, 0.05) is 11.1 Å². The Morgan fingerprint density at radius 3 is 2.76 bits per heavy atom. The van der Waals surface area contributed by atoms with Gasteiger partial charge in [-0.3, -0.25) is 0 Å². The number of thiazole rings is 1. The Bertz CT molecular complexity index is 440. The number of aryl methyl sites for hydroxylation is 1. The third kappa shape index (κ3) is 3.44. The zero-order valence-corrected chi connectivity index (χ0v) is 11.4. The highest BCUT2D eigenvalue weighted by atomic mass is 35.5. The number of hydrogen-bond acceptors (Lipinski definition) is 5. The molecule has 0 saturated heterocycles. The molecule has 0 unspecified atom stereocenters. The highest BCUT2D eigenvalue weighted by Gasteiger charge is 2.24. The van der Waals surface area contributed by atoms with Crippen LogP contribution in [0, 0.1) is 6.92 Å². The molecule has 0 aliphatic heterocycles. The summed E-state index contributed by atoms with van der Waals surface area (Å²) in [7, 11) is 0. The molecular formula is C11H14ClNO3S. The minimum atomic E-state index is -0.668. The molecule has 4 nitrogen and oxygen atoms in total. The summed E-state index contributed by atoms with van der Waals surface area (Å²) in [5.74, 6) is -0.814. The summed E-state index contributed by atoms with van der Waals surface area (Å²) >= 11 is 7.05. The second-order valence-electron chi connectivity index (χ2n) is 3.39. The first-order valence-electron chi connectivity index (χ1n) is 5.14. The Morgan fingerprint density at radius 1 is 1.71 bits per heavy atom. The summed E-state index contributed by atoms with van der Waals surface area (Å²) in [5, 5.41) is 11.4. The summed E-state index contributed by atoms with van der Waals surface area (Å²) in [4.78, 5) is 15.9. The molecule has 94 valence electrons. The van der Waals surface area contributed by atoms with Crippen molar-refractivity contribution >= 4 is 34.5 Å². The number of aromatic nitrogens is 1. The molecule has 6 heteroatoms. The summed E-state index contributed by atoms with van der Waals surface area (Å²) < 4.78 is 4.89. The number of hydrogen-bond donors (Lipinski definition) is 1. The molecule has 1 N–H and O–H groups in total. The van der Waals surface area contributed by atoms with Gasteiger partial charge >= 0.3 is 5.97 Å². The van der Waals surface area contributed by atoms with Crippen LogP contribution in [0.25, 0.3) is 5.57 Å². The Hall–Kier alpha value is -1.07. The average Bonchev–Trinajstić information content (AvgIpc) is 2.65. The molecule has 0 bridgehead atoms. The van der Waals surface area contributed by atoms with Gasteiger partial charge in [-0.1, -0.05) is 0 Å². The van der Waals surface area contributed by atoms with Gasteiger partial charge < -0.3 is 9.84 Å². The Morgan fingerprint density at radius 2 is 2.35 bits per heavy atom. The zero-order valence-electron chi connectivity index (χ0n) is 9.86. The van der Waals surface area contributed by atoms with Gasteiger partial charge in [-0.2, -0.15) is 0 Å². The van der Waals surface area contributed by atoms with Crippen molar-refractivity contribution in [1.29, 1.82) is 0 Å². The SMILES string of the molecule is CCOC(=O)/C(=C(\O)[C@@H](C)Cl)c1nc(C)cs1. The van der Waals surface area contributed by atoms with Crippen molar-refractivity contribution in [2.45, 2.75) is 26.1 Å². The lowest BCUT2D eigenvalue weighted by Crippen LogP contribution is -2.12. The third-order valence-electron chi connectivity index (χ3n) is 1.95. The number of allylic oxidation sites excluding steroid dienone is 1. The predicted octanol–water partition coefficient (Wildman–Crippen LogP) is 2.91. The second kappa shape index (κ2) is 6.02. The standard InChI is InChI=1S/C11H14ClNO3S/c1-4-16-11(15)8(9(14)7(3)12)10-13-6(2)5-17-10/h5,7,14H,4H2,1-3H3/b9-8-/t7-/m1/s1. The molecule has 0 aromatic carbocycles. The molecular weight excluding hydrogens is 262 g/mol. The van der Waals surface area contributed by atoms with Gasteiger partial charge in [0.25, 0.3) is 0 Å². The topological polar surface area (TPSA) is 59.4 Å². The number of aliphatic hydroxyl groups is 1. The molecule has 1 aromatic rings. The Labute approximate surface area is 109 Å². The normalized spacial score (nSPS) is 14.1. The van der Waals surface area contributed by atoms with E-state index in [2.05, 4.69) is 4.98 Å². The molecule has 0 radical (unpaired) electrons. The van der Waals surface area contributed by atoms with E-state index in [1.165, 1.54) is 11.3 Å². The van der Waals surface area contributed by atoms with Gasteiger partial charge in [0.1, 0.15) is 16.3 Å². The lowest BCUT2D eigenvalue weighted by molar-refractivity contribution is -0.136. The van der Waals surface area contributed by atoms with E-state index < -0.39 is 11.3 Å². The van der Waals surface area contributed by atoms with Crippen LogP contribution in [0.2, 0.25) is 0 Å². The first-order valence-corrected chi connectivity index (χ1v) is 6.45. The molecule has 1 aromatic heterocycles. The zero-order chi connectivity index (χ0) is 13.0. The Kier molecular flexibility index (Phi) is 4.96. The maximum absolute atomic E-state index is 11.8. The van der Waals surface area contributed by atoms with Gasteiger partial charge in [-0.15, -0.1) is 22.9 Å². The number of carbonyl (C=O) groups is 1. The predicted molar refractivity (Wildman–Crippen MR) is 68.3 cm³/mol. The van der Waals surface area contributed by atoms with Gasteiger partial charge in [0.2, 0.25) is 0 Å². The van der Waals surface area contributed by atoms with Crippen LogP contribution in [0.1, 0.15) is 24.5 Å². The molecule has 0 aliphatic carbocycles. The lowest BCUT2D eigenvalue weighted by Gasteiger charge is -2.09. The van der Waals surface area contributed by atoms with Crippen molar-refractivity contribution in [2.75, 3.05) is 6.61 Å². The van der Waals surface area contributed by atoms with Crippen LogP contribution in [0.4, 0.5) is 0 Å². The fourth-order valence-corrected chi connectivity index (χ4v) is 2.12.